The molecule has 0 bridgehead atoms. The number of benzene rings is 1. The van der Waals surface area contributed by atoms with Gasteiger partial charge in [-0.1, -0.05) is 35.0 Å². The highest BCUT2D eigenvalue weighted by Gasteiger charge is 2.30. The van der Waals surface area contributed by atoms with Crippen molar-refractivity contribution >= 4 is 40.2 Å². The molecule has 1 aromatic carbocycles. The number of halogens is 2. The number of rotatable bonds is 6. The van der Waals surface area contributed by atoms with Gasteiger partial charge < -0.3 is 16.4 Å². The molecule has 0 aromatic heterocycles. The molecule has 21 heavy (non-hydrogen) atoms. The molecule has 1 aromatic rings. The lowest BCUT2D eigenvalue weighted by molar-refractivity contribution is -0.129. The average Bonchev–Trinajstić information content (AvgIpc) is 2.42. The lowest BCUT2D eigenvalue weighted by Crippen LogP contribution is -2.51. The molecule has 0 fully saturated rings. The van der Waals surface area contributed by atoms with Gasteiger partial charge in [0.2, 0.25) is 11.8 Å². The molecule has 2 amide bonds. The Morgan fingerprint density at radius 1 is 1.24 bits per heavy atom. The Kier molecular flexibility index (Phi) is 8.54. The molecule has 4 N–H and O–H groups in total. The molecule has 1 rings (SSSR count). The van der Waals surface area contributed by atoms with Gasteiger partial charge in [-0.05, 0) is 31.0 Å². The number of hydrogen-bond donors (Lipinski definition) is 3. The van der Waals surface area contributed by atoms with Crippen LogP contribution in [0, 0.1) is 0 Å². The predicted octanol–water partition coefficient (Wildman–Crippen LogP) is 1.69. The average molecular weight is 379 g/mol. The monoisotopic (exact) mass is 377 g/mol. The van der Waals surface area contributed by atoms with E-state index in [0.717, 1.165) is 10.9 Å². The summed E-state index contributed by atoms with van der Waals surface area (Å²) in [5, 5.41) is 5.24. The Labute approximate surface area is 139 Å². The van der Waals surface area contributed by atoms with Gasteiger partial charge in [-0.25, -0.2) is 0 Å². The summed E-state index contributed by atoms with van der Waals surface area (Å²) in [5.74, 6) is -0.599. The van der Waals surface area contributed by atoms with E-state index in [1.54, 1.807) is 19.1 Å². The van der Waals surface area contributed by atoms with Crippen molar-refractivity contribution in [2.75, 3.05) is 13.1 Å². The van der Waals surface area contributed by atoms with Gasteiger partial charge in [0, 0.05) is 11.0 Å². The maximum absolute atomic E-state index is 12.1. The first kappa shape index (κ1) is 19.9. The number of nitrogens with one attached hydrogen (secondary N) is 2. The first-order valence-electron chi connectivity index (χ1n) is 6.48. The topological polar surface area (TPSA) is 84.2 Å². The molecular formula is C14H21BrClN3O2. The van der Waals surface area contributed by atoms with Crippen LogP contribution in [0.4, 0.5) is 0 Å². The molecule has 0 aliphatic carbocycles. The van der Waals surface area contributed by atoms with Crippen LogP contribution in [0.5, 0.6) is 0 Å². The van der Waals surface area contributed by atoms with E-state index in [0.29, 0.717) is 12.1 Å². The number of carbonyl (C=O) groups is 2. The van der Waals surface area contributed by atoms with E-state index in [4.69, 9.17) is 5.73 Å². The summed E-state index contributed by atoms with van der Waals surface area (Å²) in [4.78, 5) is 23.5. The third-order valence-electron chi connectivity index (χ3n) is 2.90. The minimum atomic E-state index is -1.17. The van der Waals surface area contributed by atoms with E-state index < -0.39 is 5.54 Å². The Balaban J connectivity index is 0.00000400. The van der Waals surface area contributed by atoms with E-state index >= 15 is 0 Å². The summed E-state index contributed by atoms with van der Waals surface area (Å²) in [6, 6.07) is 7.20. The van der Waals surface area contributed by atoms with Crippen LogP contribution in [0.15, 0.2) is 28.7 Å². The van der Waals surface area contributed by atoms with Crippen molar-refractivity contribution in [2.24, 2.45) is 5.73 Å². The second-order valence-electron chi connectivity index (χ2n) is 4.74. The standard InChI is InChI=1S/C14H20BrN3O2.ClH/c1-3-8-17-12(19)9-18-13(20)14(2,16)10-4-6-11(15)7-5-10;/h4-7H,3,8-9,16H2,1-2H3,(H,17,19)(H,18,20);1H. The van der Waals surface area contributed by atoms with E-state index in [9.17, 15) is 9.59 Å². The van der Waals surface area contributed by atoms with E-state index in [2.05, 4.69) is 26.6 Å². The van der Waals surface area contributed by atoms with E-state index in [-0.39, 0.29) is 30.8 Å². The van der Waals surface area contributed by atoms with Crippen molar-refractivity contribution < 1.29 is 9.59 Å². The van der Waals surface area contributed by atoms with Crippen LogP contribution >= 0.6 is 28.3 Å². The molecule has 0 spiro atoms. The van der Waals surface area contributed by atoms with Gasteiger partial charge in [0.15, 0.2) is 0 Å². The van der Waals surface area contributed by atoms with Gasteiger partial charge >= 0.3 is 0 Å². The van der Waals surface area contributed by atoms with Gasteiger partial charge in [0.05, 0.1) is 6.54 Å². The lowest BCUT2D eigenvalue weighted by atomic mass is 9.92. The molecule has 5 nitrogen and oxygen atoms in total. The molecule has 0 aliphatic heterocycles. The fraction of sp³-hybridized carbons (Fsp3) is 0.429. The summed E-state index contributed by atoms with van der Waals surface area (Å²) in [7, 11) is 0. The minimum absolute atomic E-state index is 0. The van der Waals surface area contributed by atoms with E-state index in [1.165, 1.54) is 0 Å². The highest BCUT2D eigenvalue weighted by Crippen LogP contribution is 2.20. The quantitative estimate of drug-likeness (QED) is 0.704. The minimum Gasteiger partial charge on any atom is -0.355 e. The van der Waals surface area contributed by atoms with Gasteiger partial charge in [0.25, 0.3) is 0 Å². The zero-order valence-electron chi connectivity index (χ0n) is 12.1. The van der Waals surface area contributed by atoms with Crippen molar-refractivity contribution in [3.05, 3.63) is 34.3 Å². The summed E-state index contributed by atoms with van der Waals surface area (Å²) in [6.45, 7) is 4.11. The molecule has 0 saturated carbocycles. The van der Waals surface area contributed by atoms with E-state index in [1.807, 2.05) is 19.1 Å². The second kappa shape index (κ2) is 9.02. The molecule has 0 aliphatic rings. The number of nitrogens with two attached hydrogens (primary N) is 1. The third-order valence-corrected chi connectivity index (χ3v) is 3.43. The maximum atomic E-state index is 12.1. The van der Waals surface area contributed by atoms with Crippen molar-refractivity contribution in [3.63, 3.8) is 0 Å². The van der Waals surface area contributed by atoms with Crippen molar-refractivity contribution in [3.8, 4) is 0 Å². The van der Waals surface area contributed by atoms with Crippen molar-refractivity contribution in [1.82, 2.24) is 10.6 Å². The first-order chi connectivity index (χ1) is 9.37. The second-order valence-corrected chi connectivity index (χ2v) is 5.66. The molecule has 118 valence electrons. The molecule has 1 unspecified atom stereocenters. The fourth-order valence-electron chi connectivity index (χ4n) is 1.60. The number of hydrogen-bond acceptors (Lipinski definition) is 3. The number of amides is 2. The molecule has 0 heterocycles. The predicted molar refractivity (Wildman–Crippen MR) is 89.2 cm³/mol. The normalized spacial score (nSPS) is 12.8. The Hall–Kier alpha value is -1.11. The molecule has 7 heteroatoms. The molecular weight excluding hydrogens is 358 g/mol. The third kappa shape index (κ3) is 6.03. The Morgan fingerprint density at radius 2 is 1.81 bits per heavy atom. The van der Waals surface area contributed by atoms with Crippen LogP contribution in [-0.4, -0.2) is 24.9 Å². The van der Waals surface area contributed by atoms with Gasteiger partial charge in [0.1, 0.15) is 5.54 Å². The van der Waals surface area contributed by atoms with Crippen LogP contribution in [0.25, 0.3) is 0 Å². The Bertz CT molecular complexity index is 478. The first-order valence-corrected chi connectivity index (χ1v) is 7.27. The van der Waals surface area contributed by atoms with Crippen LogP contribution in [-0.2, 0) is 15.1 Å². The summed E-state index contributed by atoms with van der Waals surface area (Å²) in [5.41, 5.74) is 5.57. The fourth-order valence-corrected chi connectivity index (χ4v) is 1.86. The zero-order chi connectivity index (χ0) is 15.2. The maximum Gasteiger partial charge on any atom is 0.244 e. The highest BCUT2D eigenvalue weighted by molar-refractivity contribution is 9.10. The van der Waals surface area contributed by atoms with Gasteiger partial charge in [-0.15, -0.1) is 12.4 Å². The van der Waals surface area contributed by atoms with Gasteiger partial charge in [-0.2, -0.15) is 0 Å². The van der Waals surface area contributed by atoms with Crippen LogP contribution in [0.1, 0.15) is 25.8 Å². The molecule has 0 saturated heterocycles. The smallest absolute Gasteiger partial charge is 0.244 e. The Morgan fingerprint density at radius 3 is 2.33 bits per heavy atom. The largest absolute Gasteiger partial charge is 0.355 e. The van der Waals surface area contributed by atoms with Crippen molar-refractivity contribution in [2.45, 2.75) is 25.8 Å². The highest BCUT2D eigenvalue weighted by atomic mass is 79.9. The zero-order valence-corrected chi connectivity index (χ0v) is 14.5. The summed E-state index contributed by atoms with van der Waals surface area (Å²) < 4.78 is 0.913. The summed E-state index contributed by atoms with van der Waals surface area (Å²) >= 11 is 3.33. The molecule has 0 radical (unpaired) electrons. The van der Waals surface area contributed by atoms with Crippen molar-refractivity contribution in [1.29, 1.82) is 0 Å². The van der Waals surface area contributed by atoms with Crippen LogP contribution in [0.2, 0.25) is 0 Å². The van der Waals surface area contributed by atoms with Gasteiger partial charge in [-0.3, -0.25) is 9.59 Å². The summed E-state index contributed by atoms with van der Waals surface area (Å²) in [6.07, 6.45) is 0.854. The SMILES string of the molecule is CCCNC(=O)CNC(=O)C(C)(N)c1ccc(Br)cc1.Cl. The lowest BCUT2D eigenvalue weighted by Gasteiger charge is -2.24. The number of carbonyl (C=O) groups excluding carboxylic acids is 2. The molecule has 1 atom stereocenters. The van der Waals surface area contributed by atoms with Crippen LogP contribution < -0.4 is 16.4 Å². The van der Waals surface area contributed by atoms with Crippen LogP contribution in [0.3, 0.4) is 0 Å².